The molecule has 1 aliphatic rings. The van der Waals surface area contributed by atoms with Gasteiger partial charge >= 0.3 is 0 Å². The highest BCUT2D eigenvalue weighted by Crippen LogP contribution is 2.22. The number of nitrogens with one attached hydrogen (secondary N) is 1. The Morgan fingerprint density at radius 3 is 2.33 bits per heavy atom. The molecular weight excluding hydrogens is 405 g/mol. The van der Waals surface area contributed by atoms with Gasteiger partial charge in [0.05, 0.1) is 17.5 Å². The summed E-state index contributed by atoms with van der Waals surface area (Å²) in [5.74, 6) is -0.455. The molecule has 0 saturated carbocycles. The van der Waals surface area contributed by atoms with E-state index in [0.717, 1.165) is 16.7 Å². The predicted molar refractivity (Wildman–Crippen MR) is 114 cm³/mol. The van der Waals surface area contributed by atoms with E-state index in [1.807, 2.05) is 30.9 Å². The number of aryl methyl sites for hydroxylation is 2. The molecule has 1 aliphatic heterocycles. The predicted octanol–water partition coefficient (Wildman–Crippen LogP) is 2.63. The van der Waals surface area contributed by atoms with Crippen molar-refractivity contribution in [2.45, 2.75) is 31.7 Å². The molecule has 0 aliphatic carbocycles. The van der Waals surface area contributed by atoms with E-state index in [1.165, 1.54) is 16.4 Å². The molecule has 1 saturated heterocycles. The summed E-state index contributed by atoms with van der Waals surface area (Å²) in [4.78, 5) is 14.7. The minimum atomic E-state index is -3.55. The standard InChI is InChI=1S/C22H28FN3O3S/c1-16-4-5-17(2)21(14-16)30(28,29)26-12-10-25(11-13-26)15-22(27)24-18(3)19-6-8-20(23)9-7-19/h4-9,14,18H,10-13,15H2,1-3H3,(H,24,27). The van der Waals surface area contributed by atoms with Gasteiger partial charge < -0.3 is 5.32 Å². The Morgan fingerprint density at radius 2 is 1.70 bits per heavy atom. The van der Waals surface area contributed by atoms with Crippen molar-refractivity contribution in [3.05, 3.63) is 65.0 Å². The molecule has 0 spiro atoms. The fourth-order valence-electron chi connectivity index (χ4n) is 3.58. The Balaban J connectivity index is 1.54. The fraction of sp³-hybridized carbons (Fsp3) is 0.409. The monoisotopic (exact) mass is 433 g/mol. The van der Waals surface area contributed by atoms with Crippen LogP contribution >= 0.6 is 0 Å². The third-order valence-corrected chi connectivity index (χ3v) is 7.45. The van der Waals surface area contributed by atoms with E-state index in [9.17, 15) is 17.6 Å². The van der Waals surface area contributed by atoms with Crippen LogP contribution in [0, 0.1) is 19.7 Å². The number of carbonyl (C=O) groups is 1. The zero-order valence-electron chi connectivity index (χ0n) is 17.6. The number of amides is 1. The second-order valence-corrected chi connectivity index (χ2v) is 9.70. The number of hydrogen-bond donors (Lipinski definition) is 1. The highest BCUT2D eigenvalue weighted by molar-refractivity contribution is 7.89. The zero-order valence-corrected chi connectivity index (χ0v) is 18.4. The second-order valence-electron chi connectivity index (χ2n) is 7.79. The van der Waals surface area contributed by atoms with Crippen LogP contribution in [0.4, 0.5) is 4.39 Å². The summed E-state index contributed by atoms with van der Waals surface area (Å²) >= 11 is 0. The van der Waals surface area contributed by atoms with Crippen LogP contribution in [0.3, 0.4) is 0 Å². The van der Waals surface area contributed by atoms with E-state index < -0.39 is 10.0 Å². The summed E-state index contributed by atoms with van der Waals surface area (Å²) in [5, 5.41) is 2.91. The molecule has 0 radical (unpaired) electrons. The molecule has 0 aromatic heterocycles. The minimum Gasteiger partial charge on any atom is -0.348 e. The molecule has 8 heteroatoms. The molecule has 1 atom stereocenters. The van der Waals surface area contributed by atoms with Crippen molar-refractivity contribution in [2.24, 2.45) is 0 Å². The average molecular weight is 434 g/mol. The van der Waals surface area contributed by atoms with Gasteiger partial charge in [0, 0.05) is 26.2 Å². The molecule has 2 aromatic carbocycles. The molecule has 1 N–H and O–H groups in total. The summed E-state index contributed by atoms with van der Waals surface area (Å²) in [6.07, 6.45) is 0. The van der Waals surface area contributed by atoms with Crippen LogP contribution in [0.1, 0.15) is 29.7 Å². The van der Waals surface area contributed by atoms with E-state index in [1.54, 1.807) is 25.1 Å². The summed E-state index contributed by atoms with van der Waals surface area (Å²) in [7, 11) is -3.55. The topological polar surface area (TPSA) is 69.7 Å². The molecule has 1 heterocycles. The maximum atomic E-state index is 13.0. The summed E-state index contributed by atoms with van der Waals surface area (Å²) < 4.78 is 40.6. The molecular formula is C22H28FN3O3S. The van der Waals surface area contributed by atoms with Crippen molar-refractivity contribution >= 4 is 15.9 Å². The number of hydrogen-bond acceptors (Lipinski definition) is 4. The molecule has 30 heavy (non-hydrogen) atoms. The van der Waals surface area contributed by atoms with Crippen LogP contribution in [-0.2, 0) is 14.8 Å². The van der Waals surface area contributed by atoms with Crippen molar-refractivity contribution in [3.8, 4) is 0 Å². The van der Waals surface area contributed by atoms with E-state index in [0.29, 0.717) is 31.1 Å². The highest BCUT2D eigenvalue weighted by Gasteiger charge is 2.30. The smallest absolute Gasteiger partial charge is 0.243 e. The number of piperazine rings is 1. The third kappa shape index (κ3) is 5.24. The Morgan fingerprint density at radius 1 is 1.07 bits per heavy atom. The van der Waals surface area contributed by atoms with Crippen LogP contribution in [-0.4, -0.2) is 56.3 Å². The number of benzene rings is 2. The van der Waals surface area contributed by atoms with Crippen LogP contribution in [0.15, 0.2) is 47.4 Å². The average Bonchev–Trinajstić information content (AvgIpc) is 2.70. The van der Waals surface area contributed by atoms with Crippen molar-refractivity contribution < 1.29 is 17.6 Å². The summed E-state index contributed by atoms with van der Waals surface area (Å²) in [5.41, 5.74) is 2.47. The lowest BCUT2D eigenvalue weighted by Gasteiger charge is -2.34. The first-order valence-electron chi connectivity index (χ1n) is 10.0. The lowest BCUT2D eigenvalue weighted by molar-refractivity contribution is -0.123. The Hall–Kier alpha value is -2.29. The Bertz CT molecular complexity index is 1000. The molecule has 162 valence electrons. The molecule has 6 nitrogen and oxygen atoms in total. The molecule has 0 bridgehead atoms. The van der Waals surface area contributed by atoms with Crippen molar-refractivity contribution in [1.82, 2.24) is 14.5 Å². The minimum absolute atomic E-state index is 0.141. The quantitative estimate of drug-likeness (QED) is 0.760. The first-order chi connectivity index (χ1) is 14.2. The maximum Gasteiger partial charge on any atom is 0.243 e. The van der Waals surface area contributed by atoms with Gasteiger partial charge in [0.15, 0.2) is 0 Å². The van der Waals surface area contributed by atoms with Crippen molar-refractivity contribution in [1.29, 1.82) is 0 Å². The molecule has 3 rings (SSSR count). The summed E-state index contributed by atoms with van der Waals surface area (Å²) in [6.45, 7) is 7.39. The van der Waals surface area contributed by atoms with Gasteiger partial charge in [-0.2, -0.15) is 4.31 Å². The third-order valence-electron chi connectivity index (χ3n) is 5.41. The Labute approximate surface area is 177 Å². The van der Waals surface area contributed by atoms with Gasteiger partial charge in [0.25, 0.3) is 0 Å². The van der Waals surface area contributed by atoms with Crippen LogP contribution in [0.5, 0.6) is 0 Å². The lowest BCUT2D eigenvalue weighted by Crippen LogP contribution is -2.51. The number of halogens is 1. The van der Waals surface area contributed by atoms with E-state index >= 15 is 0 Å². The van der Waals surface area contributed by atoms with Gasteiger partial charge in [-0.3, -0.25) is 9.69 Å². The molecule has 2 aromatic rings. The van der Waals surface area contributed by atoms with Gasteiger partial charge in [0.1, 0.15) is 5.82 Å². The normalized spacial score (nSPS) is 16.9. The van der Waals surface area contributed by atoms with E-state index in [4.69, 9.17) is 0 Å². The van der Waals surface area contributed by atoms with Crippen molar-refractivity contribution in [2.75, 3.05) is 32.7 Å². The van der Waals surface area contributed by atoms with Crippen molar-refractivity contribution in [3.63, 3.8) is 0 Å². The van der Waals surface area contributed by atoms with Gasteiger partial charge in [-0.1, -0.05) is 24.3 Å². The van der Waals surface area contributed by atoms with E-state index in [-0.39, 0.29) is 24.3 Å². The largest absolute Gasteiger partial charge is 0.348 e. The molecule has 1 fully saturated rings. The fourth-order valence-corrected chi connectivity index (χ4v) is 5.31. The number of sulfonamides is 1. The second kappa shape index (κ2) is 9.24. The van der Waals surface area contributed by atoms with Gasteiger partial charge in [-0.15, -0.1) is 0 Å². The lowest BCUT2D eigenvalue weighted by atomic mass is 10.1. The number of nitrogens with zero attached hydrogens (tertiary/aromatic N) is 2. The first kappa shape index (κ1) is 22.4. The van der Waals surface area contributed by atoms with Crippen LogP contribution in [0.2, 0.25) is 0 Å². The SMILES string of the molecule is Cc1ccc(C)c(S(=O)(=O)N2CCN(CC(=O)NC(C)c3ccc(F)cc3)CC2)c1. The summed E-state index contributed by atoms with van der Waals surface area (Å²) in [6, 6.07) is 11.2. The van der Waals surface area contributed by atoms with E-state index in [2.05, 4.69) is 5.32 Å². The van der Waals surface area contributed by atoms with Crippen LogP contribution < -0.4 is 5.32 Å². The number of rotatable bonds is 6. The highest BCUT2D eigenvalue weighted by atomic mass is 32.2. The number of carbonyl (C=O) groups excluding carboxylic acids is 1. The van der Waals surface area contributed by atoms with Gasteiger partial charge in [-0.25, -0.2) is 12.8 Å². The zero-order chi connectivity index (χ0) is 21.9. The first-order valence-corrected chi connectivity index (χ1v) is 11.5. The maximum absolute atomic E-state index is 13.0. The van der Waals surface area contributed by atoms with Gasteiger partial charge in [0.2, 0.25) is 15.9 Å². The molecule has 1 unspecified atom stereocenters. The molecule has 1 amide bonds. The van der Waals surface area contributed by atoms with Gasteiger partial charge in [-0.05, 0) is 55.7 Å². The van der Waals surface area contributed by atoms with Crippen LogP contribution in [0.25, 0.3) is 0 Å². The Kier molecular flexibility index (Phi) is 6.90.